The zero-order valence-corrected chi connectivity index (χ0v) is 18.1. The van der Waals surface area contributed by atoms with Gasteiger partial charge in [-0.3, -0.25) is 0 Å². The summed E-state index contributed by atoms with van der Waals surface area (Å²) in [4.78, 5) is 4.69. The van der Waals surface area contributed by atoms with E-state index in [4.69, 9.17) is 4.74 Å². The van der Waals surface area contributed by atoms with Gasteiger partial charge in [0, 0.05) is 25.9 Å². The standard InChI is InChI=1S/C22H35N5O2/c1-5-22(6-2,13-15-28)17-25-21(23-7-3)24-16-18-12-14-27(26-18)19-8-10-20(29-4)11-9-19/h8-12,14,28H,5-7,13,15-17H2,1-4H3,(H2,23,24,25). The Hall–Kier alpha value is -2.54. The van der Waals surface area contributed by atoms with Crippen molar-refractivity contribution in [3.8, 4) is 11.4 Å². The summed E-state index contributed by atoms with van der Waals surface area (Å²) in [6, 6.07) is 9.76. The molecular weight excluding hydrogens is 366 g/mol. The lowest BCUT2D eigenvalue weighted by Gasteiger charge is -2.32. The van der Waals surface area contributed by atoms with E-state index in [9.17, 15) is 5.11 Å². The van der Waals surface area contributed by atoms with Crippen molar-refractivity contribution in [1.82, 2.24) is 20.4 Å². The topological polar surface area (TPSA) is 83.7 Å². The average molecular weight is 402 g/mol. The number of ether oxygens (including phenoxy) is 1. The smallest absolute Gasteiger partial charge is 0.191 e. The fourth-order valence-corrected chi connectivity index (χ4v) is 3.28. The highest BCUT2D eigenvalue weighted by atomic mass is 16.5. The first-order valence-electron chi connectivity index (χ1n) is 10.4. The van der Waals surface area contributed by atoms with Gasteiger partial charge in [-0.15, -0.1) is 0 Å². The second-order valence-electron chi connectivity index (χ2n) is 7.18. The van der Waals surface area contributed by atoms with Crippen molar-refractivity contribution < 1.29 is 9.84 Å². The third-order valence-corrected chi connectivity index (χ3v) is 5.50. The molecule has 160 valence electrons. The molecule has 0 unspecified atom stereocenters. The van der Waals surface area contributed by atoms with Crippen LogP contribution in [0.2, 0.25) is 0 Å². The van der Waals surface area contributed by atoms with Crippen molar-refractivity contribution in [3.63, 3.8) is 0 Å². The molecule has 29 heavy (non-hydrogen) atoms. The van der Waals surface area contributed by atoms with Gasteiger partial charge in [-0.1, -0.05) is 13.8 Å². The van der Waals surface area contributed by atoms with Gasteiger partial charge in [0.25, 0.3) is 0 Å². The van der Waals surface area contributed by atoms with Crippen molar-refractivity contribution in [2.75, 3.05) is 26.8 Å². The maximum atomic E-state index is 9.42. The van der Waals surface area contributed by atoms with Gasteiger partial charge >= 0.3 is 0 Å². The minimum atomic E-state index is 0.0842. The van der Waals surface area contributed by atoms with Gasteiger partial charge in [0.1, 0.15) is 5.75 Å². The van der Waals surface area contributed by atoms with E-state index < -0.39 is 0 Å². The lowest BCUT2D eigenvalue weighted by Crippen LogP contribution is -2.43. The summed E-state index contributed by atoms with van der Waals surface area (Å²) < 4.78 is 7.04. The highest BCUT2D eigenvalue weighted by molar-refractivity contribution is 5.79. The van der Waals surface area contributed by atoms with Gasteiger partial charge in [0.05, 0.1) is 25.0 Å². The van der Waals surface area contributed by atoms with Crippen molar-refractivity contribution in [2.45, 2.75) is 46.6 Å². The molecule has 2 rings (SSSR count). The summed E-state index contributed by atoms with van der Waals surface area (Å²) in [5.41, 5.74) is 1.96. The SMILES string of the molecule is CCNC(=NCc1ccn(-c2ccc(OC)cc2)n1)NCC(CC)(CC)CCO. The van der Waals surface area contributed by atoms with Crippen molar-refractivity contribution in [2.24, 2.45) is 10.4 Å². The van der Waals surface area contributed by atoms with Gasteiger partial charge in [-0.25, -0.2) is 9.67 Å². The molecule has 0 saturated carbocycles. The lowest BCUT2D eigenvalue weighted by molar-refractivity contribution is 0.169. The average Bonchev–Trinajstić information content (AvgIpc) is 3.24. The van der Waals surface area contributed by atoms with E-state index in [1.807, 2.05) is 41.2 Å². The van der Waals surface area contributed by atoms with Crippen LogP contribution in [0.4, 0.5) is 0 Å². The minimum absolute atomic E-state index is 0.0842. The molecule has 7 nitrogen and oxygen atoms in total. The Labute approximate surface area is 174 Å². The lowest BCUT2D eigenvalue weighted by atomic mass is 9.79. The van der Waals surface area contributed by atoms with E-state index in [0.717, 1.165) is 55.4 Å². The molecule has 1 aromatic heterocycles. The molecular formula is C22H35N5O2. The van der Waals surface area contributed by atoms with E-state index in [-0.39, 0.29) is 12.0 Å². The molecule has 0 aliphatic rings. The highest BCUT2D eigenvalue weighted by Crippen LogP contribution is 2.29. The number of benzene rings is 1. The number of methoxy groups -OCH3 is 1. The Morgan fingerprint density at radius 2 is 1.86 bits per heavy atom. The normalized spacial score (nSPS) is 12.1. The Kier molecular flexibility index (Phi) is 8.99. The van der Waals surface area contributed by atoms with E-state index >= 15 is 0 Å². The monoisotopic (exact) mass is 401 g/mol. The molecule has 2 aromatic rings. The van der Waals surface area contributed by atoms with E-state index in [1.54, 1.807) is 7.11 Å². The minimum Gasteiger partial charge on any atom is -0.497 e. The number of guanidine groups is 1. The first-order valence-corrected chi connectivity index (χ1v) is 10.4. The van der Waals surface area contributed by atoms with Crippen molar-refractivity contribution in [3.05, 3.63) is 42.2 Å². The molecule has 1 aromatic carbocycles. The largest absolute Gasteiger partial charge is 0.497 e. The van der Waals surface area contributed by atoms with Gasteiger partial charge in [-0.2, -0.15) is 5.10 Å². The van der Waals surface area contributed by atoms with Crippen LogP contribution in [-0.2, 0) is 6.54 Å². The summed E-state index contributed by atoms with van der Waals surface area (Å²) >= 11 is 0. The Balaban J connectivity index is 2.03. The second kappa shape index (κ2) is 11.5. The third-order valence-electron chi connectivity index (χ3n) is 5.50. The quantitative estimate of drug-likeness (QED) is 0.398. The second-order valence-corrected chi connectivity index (χ2v) is 7.18. The molecule has 3 N–H and O–H groups in total. The van der Waals surface area contributed by atoms with Crippen LogP contribution >= 0.6 is 0 Å². The summed E-state index contributed by atoms with van der Waals surface area (Å²) in [6.45, 7) is 8.68. The van der Waals surface area contributed by atoms with Crippen LogP contribution in [0.15, 0.2) is 41.5 Å². The number of rotatable bonds is 11. The van der Waals surface area contributed by atoms with Crippen LogP contribution in [0.25, 0.3) is 5.69 Å². The fourth-order valence-electron chi connectivity index (χ4n) is 3.28. The number of aliphatic hydroxyl groups excluding tert-OH is 1. The van der Waals surface area contributed by atoms with Crippen LogP contribution in [0, 0.1) is 5.41 Å². The molecule has 0 atom stereocenters. The Morgan fingerprint density at radius 3 is 2.45 bits per heavy atom. The third kappa shape index (κ3) is 6.49. The first kappa shape index (κ1) is 22.7. The molecule has 1 heterocycles. The number of hydrogen-bond donors (Lipinski definition) is 3. The Morgan fingerprint density at radius 1 is 1.14 bits per heavy atom. The molecule has 0 bridgehead atoms. The molecule has 7 heteroatoms. The summed E-state index contributed by atoms with van der Waals surface area (Å²) in [5, 5.41) is 20.8. The van der Waals surface area contributed by atoms with E-state index in [1.165, 1.54) is 0 Å². The zero-order chi connectivity index (χ0) is 21.1. The fraction of sp³-hybridized carbons (Fsp3) is 0.545. The molecule has 0 amide bonds. The van der Waals surface area contributed by atoms with Gasteiger partial charge in [0.2, 0.25) is 0 Å². The number of aliphatic hydroxyl groups is 1. The van der Waals surface area contributed by atoms with Crippen LogP contribution in [0.3, 0.4) is 0 Å². The van der Waals surface area contributed by atoms with Crippen LogP contribution < -0.4 is 15.4 Å². The molecule has 0 saturated heterocycles. The zero-order valence-electron chi connectivity index (χ0n) is 18.1. The predicted octanol–water partition coefficient (Wildman–Crippen LogP) is 3.12. The molecule has 0 aliphatic heterocycles. The van der Waals surface area contributed by atoms with Gasteiger partial charge < -0.3 is 20.5 Å². The van der Waals surface area contributed by atoms with Crippen LogP contribution in [0.1, 0.15) is 45.7 Å². The molecule has 0 spiro atoms. The number of hydrogen-bond acceptors (Lipinski definition) is 4. The number of aliphatic imine (C=N–C) groups is 1. The van der Waals surface area contributed by atoms with E-state index in [2.05, 4.69) is 41.5 Å². The van der Waals surface area contributed by atoms with Crippen molar-refractivity contribution >= 4 is 5.96 Å². The summed E-state index contributed by atoms with van der Waals surface area (Å²) in [5.74, 6) is 1.60. The molecule has 0 fully saturated rings. The van der Waals surface area contributed by atoms with Crippen LogP contribution in [-0.4, -0.2) is 47.7 Å². The van der Waals surface area contributed by atoms with Crippen LogP contribution in [0.5, 0.6) is 5.75 Å². The maximum absolute atomic E-state index is 9.42. The maximum Gasteiger partial charge on any atom is 0.191 e. The van der Waals surface area contributed by atoms with Crippen molar-refractivity contribution in [1.29, 1.82) is 0 Å². The number of nitrogens with one attached hydrogen (secondary N) is 2. The number of nitrogens with zero attached hydrogens (tertiary/aromatic N) is 3. The number of aromatic nitrogens is 2. The highest BCUT2D eigenvalue weighted by Gasteiger charge is 2.25. The molecule has 0 aliphatic carbocycles. The predicted molar refractivity (Wildman–Crippen MR) is 118 cm³/mol. The Bertz CT molecular complexity index is 751. The van der Waals surface area contributed by atoms with E-state index in [0.29, 0.717) is 6.54 Å². The first-order chi connectivity index (χ1) is 14.1. The van der Waals surface area contributed by atoms with Gasteiger partial charge in [-0.05, 0) is 61.9 Å². The summed E-state index contributed by atoms with van der Waals surface area (Å²) in [6.07, 6.45) is 4.76. The van der Waals surface area contributed by atoms with Gasteiger partial charge in [0.15, 0.2) is 5.96 Å². The molecule has 0 radical (unpaired) electrons. The summed E-state index contributed by atoms with van der Waals surface area (Å²) in [7, 11) is 1.66.